The van der Waals surface area contributed by atoms with Gasteiger partial charge in [0.15, 0.2) is 5.58 Å². The van der Waals surface area contributed by atoms with Gasteiger partial charge in [0.1, 0.15) is 0 Å². The van der Waals surface area contributed by atoms with Crippen LogP contribution in [0, 0.1) is 0 Å². The summed E-state index contributed by atoms with van der Waals surface area (Å²) in [5.74, 6) is 0. The summed E-state index contributed by atoms with van der Waals surface area (Å²) in [5.41, 5.74) is 2.48. The van der Waals surface area contributed by atoms with Gasteiger partial charge in [-0.1, -0.05) is 0 Å². The predicted molar refractivity (Wildman–Crippen MR) is 90.2 cm³/mol. The van der Waals surface area contributed by atoms with Crippen molar-refractivity contribution in [3.8, 4) is 0 Å². The highest BCUT2D eigenvalue weighted by Crippen LogP contribution is 2.35. The first-order chi connectivity index (χ1) is 11.0. The first-order valence-electron chi connectivity index (χ1n) is 7.77. The van der Waals surface area contributed by atoms with Crippen LogP contribution in [0.5, 0.6) is 0 Å². The molecule has 2 saturated heterocycles. The summed E-state index contributed by atoms with van der Waals surface area (Å²) < 4.78 is 33.9. The molecule has 2 aliphatic heterocycles. The van der Waals surface area contributed by atoms with Crippen molar-refractivity contribution in [2.75, 3.05) is 55.5 Å². The third-order valence-electron chi connectivity index (χ3n) is 4.54. The van der Waals surface area contributed by atoms with Gasteiger partial charge in [-0.05, 0) is 25.2 Å². The van der Waals surface area contributed by atoms with E-state index >= 15 is 0 Å². The molecule has 0 atom stereocenters. The molecule has 124 valence electrons. The number of nitrogens with zero attached hydrogens (tertiary/aromatic N) is 3. The van der Waals surface area contributed by atoms with Gasteiger partial charge in [-0.25, -0.2) is 0 Å². The molecule has 7 nitrogen and oxygen atoms in total. The summed E-state index contributed by atoms with van der Waals surface area (Å²) in [4.78, 5) is 4.56. The quantitative estimate of drug-likeness (QED) is 0.880. The predicted octanol–water partition coefficient (Wildman–Crippen LogP) is 0.839. The minimum Gasteiger partial charge on any atom is -0.462 e. The van der Waals surface area contributed by atoms with Crippen molar-refractivity contribution < 1.29 is 12.8 Å². The molecule has 0 saturated carbocycles. The molecule has 0 amide bonds. The van der Waals surface area contributed by atoms with Crippen molar-refractivity contribution in [2.45, 2.75) is 0 Å². The van der Waals surface area contributed by atoms with E-state index in [0.717, 1.165) is 42.8 Å². The Hall–Kier alpha value is -1.77. The normalized spacial score (nSPS) is 22.1. The number of hydrogen-bond donors (Lipinski definition) is 1. The van der Waals surface area contributed by atoms with Crippen LogP contribution < -0.4 is 13.9 Å². The van der Waals surface area contributed by atoms with Crippen molar-refractivity contribution in [2.24, 2.45) is 0 Å². The number of likely N-dealkylation sites (N-methyl/N-ethyl adjacent to an activating group) is 1. The second kappa shape index (κ2) is 5.40. The summed E-state index contributed by atoms with van der Waals surface area (Å²) in [5, 5.41) is 0.929. The molecule has 3 heterocycles. The topological polar surface area (TPSA) is 69.0 Å². The first kappa shape index (κ1) is 14.8. The average molecular weight is 336 g/mol. The Bertz CT molecular complexity index is 824. The lowest BCUT2D eigenvalue weighted by molar-refractivity contribution is 0.313. The van der Waals surface area contributed by atoms with Crippen LogP contribution >= 0.6 is 0 Å². The standard InChI is InChI=1S/C15H20N4O3S/c1-17-5-7-18(8-6-17)14-11-13(10-12-2-9-22-15(12)14)19-4-3-16-23(19,20)21/h2,9-11,16H,3-8H2,1H3. The van der Waals surface area contributed by atoms with Crippen LogP contribution in [0.4, 0.5) is 11.4 Å². The highest BCUT2D eigenvalue weighted by Gasteiger charge is 2.29. The summed E-state index contributed by atoms with van der Waals surface area (Å²) >= 11 is 0. The molecule has 0 radical (unpaired) electrons. The second-order valence-corrected chi connectivity index (χ2v) is 7.75. The van der Waals surface area contributed by atoms with Crippen LogP contribution in [-0.4, -0.2) is 59.6 Å². The maximum atomic E-state index is 12.1. The zero-order valence-corrected chi connectivity index (χ0v) is 13.8. The highest BCUT2D eigenvalue weighted by atomic mass is 32.2. The lowest BCUT2D eigenvalue weighted by Crippen LogP contribution is -2.44. The van der Waals surface area contributed by atoms with Crippen LogP contribution in [0.2, 0.25) is 0 Å². The SMILES string of the molecule is CN1CCN(c2cc(N3CCNS3(=O)=O)cc3ccoc23)CC1. The van der Waals surface area contributed by atoms with Gasteiger partial charge >= 0.3 is 10.2 Å². The number of benzene rings is 1. The van der Waals surface area contributed by atoms with E-state index in [0.29, 0.717) is 18.8 Å². The maximum absolute atomic E-state index is 12.1. The lowest BCUT2D eigenvalue weighted by Gasteiger charge is -2.34. The molecule has 2 aromatic rings. The minimum atomic E-state index is -3.42. The van der Waals surface area contributed by atoms with Gasteiger partial charge in [0.2, 0.25) is 0 Å². The van der Waals surface area contributed by atoms with E-state index in [9.17, 15) is 8.42 Å². The van der Waals surface area contributed by atoms with Crippen molar-refractivity contribution in [1.29, 1.82) is 0 Å². The molecule has 0 aliphatic carbocycles. The van der Waals surface area contributed by atoms with Crippen LogP contribution in [0.25, 0.3) is 11.0 Å². The zero-order valence-electron chi connectivity index (χ0n) is 13.0. The molecule has 1 aromatic heterocycles. The Morgan fingerprint density at radius 1 is 1.13 bits per heavy atom. The second-order valence-electron chi connectivity index (χ2n) is 6.07. The smallest absolute Gasteiger partial charge is 0.301 e. The van der Waals surface area contributed by atoms with Gasteiger partial charge in [-0.3, -0.25) is 4.31 Å². The minimum absolute atomic E-state index is 0.440. The van der Waals surface area contributed by atoms with E-state index in [1.165, 1.54) is 4.31 Å². The Morgan fingerprint density at radius 3 is 2.61 bits per heavy atom. The van der Waals surface area contributed by atoms with Crippen molar-refractivity contribution in [1.82, 2.24) is 9.62 Å². The van der Waals surface area contributed by atoms with E-state index in [-0.39, 0.29) is 0 Å². The van der Waals surface area contributed by atoms with Crippen molar-refractivity contribution >= 4 is 32.6 Å². The fraction of sp³-hybridized carbons (Fsp3) is 0.467. The van der Waals surface area contributed by atoms with E-state index in [4.69, 9.17) is 4.42 Å². The molecular formula is C15H20N4O3S. The van der Waals surface area contributed by atoms with Gasteiger partial charge in [0.25, 0.3) is 0 Å². The third-order valence-corrected chi connectivity index (χ3v) is 6.08. The average Bonchev–Trinajstić information content (AvgIpc) is 3.12. The number of furan rings is 1. The van der Waals surface area contributed by atoms with E-state index in [1.54, 1.807) is 6.26 Å². The van der Waals surface area contributed by atoms with Crippen LogP contribution in [0.1, 0.15) is 0 Å². The number of piperazine rings is 1. The van der Waals surface area contributed by atoms with E-state index in [2.05, 4.69) is 21.6 Å². The summed E-state index contributed by atoms with van der Waals surface area (Å²) in [6.45, 7) is 4.66. The monoisotopic (exact) mass is 336 g/mol. The zero-order chi connectivity index (χ0) is 16.0. The fourth-order valence-electron chi connectivity index (χ4n) is 3.22. The molecule has 0 spiro atoms. The summed E-state index contributed by atoms with van der Waals surface area (Å²) in [6.07, 6.45) is 1.66. The van der Waals surface area contributed by atoms with E-state index < -0.39 is 10.2 Å². The Kier molecular flexibility index (Phi) is 3.47. The molecule has 8 heteroatoms. The van der Waals surface area contributed by atoms with Gasteiger partial charge in [0.05, 0.1) is 17.6 Å². The van der Waals surface area contributed by atoms with Gasteiger partial charge in [0, 0.05) is 44.7 Å². The highest BCUT2D eigenvalue weighted by molar-refractivity contribution is 7.91. The van der Waals surface area contributed by atoms with Gasteiger partial charge in [-0.2, -0.15) is 13.1 Å². The molecule has 0 bridgehead atoms. The molecule has 1 aromatic carbocycles. The number of hydrogen-bond acceptors (Lipinski definition) is 5. The Labute approximate surface area is 135 Å². The fourth-order valence-corrected chi connectivity index (χ4v) is 4.44. The third kappa shape index (κ3) is 2.56. The lowest BCUT2D eigenvalue weighted by atomic mass is 10.1. The Balaban J connectivity index is 1.79. The molecule has 1 N–H and O–H groups in total. The number of fused-ring (bicyclic) bond motifs is 1. The molecular weight excluding hydrogens is 316 g/mol. The summed E-state index contributed by atoms with van der Waals surface area (Å²) in [7, 11) is -1.31. The van der Waals surface area contributed by atoms with Gasteiger partial charge < -0.3 is 14.2 Å². The maximum Gasteiger partial charge on any atom is 0.301 e. The largest absolute Gasteiger partial charge is 0.462 e. The number of rotatable bonds is 2. The molecule has 2 aliphatic rings. The number of nitrogens with one attached hydrogen (secondary N) is 1. The van der Waals surface area contributed by atoms with Crippen molar-refractivity contribution in [3.63, 3.8) is 0 Å². The van der Waals surface area contributed by atoms with E-state index in [1.807, 2.05) is 18.2 Å². The van der Waals surface area contributed by atoms with Crippen LogP contribution in [0.3, 0.4) is 0 Å². The van der Waals surface area contributed by atoms with Crippen LogP contribution in [0.15, 0.2) is 28.9 Å². The molecule has 2 fully saturated rings. The molecule has 0 unspecified atom stereocenters. The van der Waals surface area contributed by atoms with Crippen molar-refractivity contribution in [3.05, 3.63) is 24.5 Å². The molecule has 4 rings (SSSR count). The number of anilines is 2. The Morgan fingerprint density at radius 2 is 1.91 bits per heavy atom. The summed E-state index contributed by atoms with van der Waals surface area (Å²) in [6, 6.07) is 5.69. The first-order valence-corrected chi connectivity index (χ1v) is 9.21. The molecule has 23 heavy (non-hydrogen) atoms. The van der Waals surface area contributed by atoms with Crippen LogP contribution in [-0.2, 0) is 10.2 Å². The van der Waals surface area contributed by atoms with Gasteiger partial charge in [-0.15, -0.1) is 0 Å².